The molecule has 178 valence electrons. The van der Waals surface area contributed by atoms with E-state index in [-0.39, 0.29) is 4.90 Å². The van der Waals surface area contributed by atoms with Crippen LogP contribution in [0.4, 0.5) is 11.4 Å². The Morgan fingerprint density at radius 2 is 1.55 bits per heavy atom. The van der Waals surface area contributed by atoms with Gasteiger partial charge in [-0.3, -0.25) is 4.79 Å². The van der Waals surface area contributed by atoms with E-state index in [2.05, 4.69) is 24.1 Å². The first-order valence-corrected chi connectivity index (χ1v) is 12.7. The minimum Gasteiger partial charge on any atom is -0.452 e. The van der Waals surface area contributed by atoms with Crippen LogP contribution in [0.5, 0.6) is 0 Å². The number of ether oxygens (including phenoxy) is 1. The van der Waals surface area contributed by atoms with Gasteiger partial charge in [-0.2, -0.15) is 4.31 Å². The van der Waals surface area contributed by atoms with Gasteiger partial charge in [0.05, 0.1) is 10.5 Å². The fourth-order valence-corrected chi connectivity index (χ4v) is 5.29. The number of esters is 1. The first-order valence-electron chi connectivity index (χ1n) is 11.3. The lowest BCUT2D eigenvalue weighted by Gasteiger charge is -2.25. The van der Waals surface area contributed by atoms with Crippen LogP contribution in [-0.4, -0.2) is 57.4 Å². The molecule has 1 aliphatic rings. The van der Waals surface area contributed by atoms with Crippen LogP contribution >= 0.6 is 0 Å². The SMILES string of the molecule is CCN(CC)c1ccc(C(=O)OCC(=O)Nc2ccc(S(=O)(=O)N3CCCCC3)cc2)cc1. The van der Waals surface area contributed by atoms with Crippen LogP contribution in [-0.2, 0) is 19.6 Å². The summed E-state index contributed by atoms with van der Waals surface area (Å²) >= 11 is 0. The van der Waals surface area contributed by atoms with Crippen LogP contribution < -0.4 is 10.2 Å². The minimum absolute atomic E-state index is 0.196. The highest BCUT2D eigenvalue weighted by Crippen LogP contribution is 2.22. The number of hydrogen-bond donors (Lipinski definition) is 1. The second-order valence-corrected chi connectivity index (χ2v) is 9.77. The maximum atomic E-state index is 12.7. The summed E-state index contributed by atoms with van der Waals surface area (Å²) in [6.45, 7) is 6.48. The van der Waals surface area contributed by atoms with E-state index >= 15 is 0 Å². The van der Waals surface area contributed by atoms with Crippen molar-refractivity contribution in [2.45, 2.75) is 38.0 Å². The number of sulfonamides is 1. The molecule has 0 radical (unpaired) electrons. The molecule has 1 saturated heterocycles. The molecule has 0 atom stereocenters. The largest absolute Gasteiger partial charge is 0.452 e. The fourth-order valence-electron chi connectivity index (χ4n) is 3.77. The average Bonchev–Trinajstić information content (AvgIpc) is 2.84. The van der Waals surface area contributed by atoms with Crippen LogP contribution in [0, 0.1) is 0 Å². The number of carbonyl (C=O) groups is 2. The Labute approximate surface area is 195 Å². The third-order valence-corrected chi connectivity index (χ3v) is 7.57. The predicted molar refractivity (Wildman–Crippen MR) is 128 cm³/mol. The van der Waals surface area contributed by atoms with E-state index in [0.717, 1.165) is 38.0 Å². The molecular weight excluding hydrogens is 442 g/mol. The predicted octanol–water partition coefficient (Wildman–Crippen LogP) is 3.50. The van der Waals surface area contributed by atoms with Crippen molar-refractivity contribution in [3.05, 3.63) is 54.1 Å². The summed E-state index contributed by atoms with van der Waals surface area (Å²) in [5, 5.41) is 2.61. The molecular formula is C24H31N3O5S. The van der Waals surface area contributed by atoms with Gasteiger partial charge in [-0.05, 0) is 75.2 Å². The van der Waals surface area contributed by atoms with Gasteiger partial charge in [-0.1, -0.05) is 6.42 Å². The molecule has 8 nitrogen and oxygen atoms in total. The van der Waals surface area contributed by atoms with Crippen LogP contribution in [0.15, 0.2) is 53.4 Å². The van der Waals surface area contributed by atoms with Crippen molar-refractivity contribution in [1.29, 1.82) is 0 Å². The summed E-state index contributed by atoms with van der Waals surface area (Å²) in [7, 11) is -3.52. The van der Waals surface area contributed by atoms with Gasteiger partial charge in [-0.25, -0.2) is 13.2 Å². The zero-order chi connectivity index (χ0) is 23.8. The molecule has 33 heavy (non-hydrogen) atoms. The Kier molecular flexibility index (Phi) is 8.46. The van der Waals surface area contributed by atoms with Crippen LogP contribution in [0.25, 0.3) is 0 Å². The first kappa shape index (κ1) is 24.7. The molecule has 1 amide bonds. The van der Waals surface area contributed by atoms with Gasteiger partial charge in [0, 0.05) is 37.6 Å². The van der Waals surface area contributed by atoms with Crippen molar-refractivity contribution < 1.29 is 22.7 Å². The maximum Gasteiger partial charge on any atom is 0.338 e. The van der Waals surface area contributed by atoms with Gasteiger partial charge in [0.25, 0.3) is 5.91 Å². The van der Waals surface area contributed by atoms with E-state index in [1.54, 1.807) is 12.1 Å². The molecule has 0 aromatic heterocycles. The Balaban J connectivity index is 1.52. The number of hydrogen-bond acceptors (Lipinski definition) is 6. The van der Waals surface area contributed by atoms with Crippen molar-refractivity contribution >= 4 is 33.3 Å². The summed E-state index contributed by atoms with van der Waals surface area (Å²) in [5.74, 6) is -1.09. The molecule has 0 spiro atoms. The van der Waals surface area contributed by atoms with Gasteiger partial charge >= 0.3 is 5.97 Å². The number of piperidine rings is 1. The lowest BCUT2D eigenvalue weighted by atomic mass is 10.2. The second-order valence-electron chi connectivity index (χ2n) is 7.83. The Bertz CT molecular complexity index is 1040. The van der Waals surface area contributed by atoms with Crippen molar-refractivity contribution in [1.82, 2.24) is 4.31 Å². The Morgan fingerprint density at radius 3 is 2.12 bits per heavy atom. The standard InChI is InChI=1S/C24H31N3O5S/c1-3-26(4-2)21-12-8-19(9-13-21)24(29)32-18-23(28)25-20-10-14-22(15-11-20)33(30,31)27-16-6-5-7-17-27/h8-15H,3-7,16-18H2,1-2H3,(H,25,28). The van der Waals surface area contributed by atoms with E-state index in [4.69, 9.17) is 4.74 Å². The number of amides is 1. The van der Waals surface area contributed by atoms with E-state index < -0.39 is 28.5 Å². The minimum atomic E-state index is -3.52. The van der Waals surface area contributed by atoms with Crippen molar-refractivity contribution in [2.75, 3.05) is 43.0 Å². The molecule has 1 heterocycles. The molecule has 2 aromatic carbocycles. The smallest absolute Gasteiger partial charge is 0.338 e. The van der Waals surface area contributed by atoms with Crippen molar-refractivity contribution in [2.24, 2.45) is 0 Å². The molecule has 1 aliphatic heterocycles. The van der Waals surface area contributed by atoms with Gasteiger partial charge < -0.3 is 15.0 Å². The summed E-state index contributed by atoms with van der Waals surface area (Å²) < 4.78 is 32.0. The summed E-state index contributed by atoms with van der Waals surface area (Å²) in [6.07, 6.45) is 2.78. The third-order valence-electron chi connectivity index (χ3n) is 5.66. The van der Waals surface area contributed by atoms with Crippen LogP contribution in [0.1, 0.15) is 43.5 Å². The molecule has 2 aromatic rings. The number of rotatable bonds is 9. The fraction of sp³-hybridized carbons (Fsp3) is 0.417. The molecule has 0 unspecified atom stereocenters. The highest BCUT2D eigenvalue weighted by molar-refractivity contribution is 7.89. The monoisotopic (exact) mass is 473 g/mol. The van der Waals surface area contributed by atoms with Crippen LogP contribution in [0.3, 0.4) is 0 Å². The van der Waals surface area contributed by atoms with Crippen molar-refractivity contribution in [3.8, 4) is 0 Å². The second kappa shape index (κ2) is 11.3. The van der Waals surface area contributed by atoms with Gasteiger partial charge in [0.2, 0.25) is 10.0 Å². The van der Waals surface area contributed by atoms with E-state index in [9.17, 15) is 18.0 Å². The summed E-state index contributed by atoms with van der Waals surface area (Å²) in [6, 6.07) is 13.1. The highest BCUT2D eigenvalue weighted by atomic mass is 32.2. The molecule has 9 heteroatoms. The molecule has 3 rings (SSSR count). The average molecular weight is 474 g/mol. The molecule has 1 fully saturated rings. The highest BCUT2D eigenvalue weighted by Gasteiger charge is 2.25. The zero-order valence-corrected chi connectivity index (χ0v) is 19.9. The quantitative estimate of drug-likeness (QED) is 0.560. The van der Waals surface area contributed by atoms with E-state index in [0.29, 0.717) is 24.3 Å². The summed E-state index contributed by atoms with van der Waals surface area (Å²) in [5.41, 5.74) is 1.81. The molecule has 0 aliphatic carbocycles. The van der Waals surface area contributed by atoms with Gasteiger partial charge in [-0.15, -0.1) is 0 Å². The van der Waals surface area contributed by atoms with Gasteiger partial charge in [0.1, 0.15) is 0 Å². The number of benzene rings is 2. The summed E-state index contributed by atoms with van der Waals surface area (Å²) in [4.78, 5) is 26.8. The number of carbonyl (C=O) groups excluding carboxylic acids is 2. The number of anilines is 2. The molecule has 0 saturated carbocycles. The number of nitrogens with zero attached hydrogens (tertiary/aromatic N) is 2. The lowest BCUT2D eigenvalue weighted by molar-refractivity contribution is -0.119. The molecule has 1 N–H and O–H groups in total. The van der Waals surface area contributed by atoms with Crippen molar-refractivity contribution in [3.63, 3.8) is 0 Å². The zero-order valence-electron chi connectivity index (χ0n) is 19.1. The first-order chi connectivity index (χ1) is 15.8. The topological polar surface area (TPSA) is 96.0 Å². The number of nitrogens with one attached hydrogen (secondary N) is 1. The van der Waals surface area contributed by atoms with E-state index in [1.807, 2.05) is 12.1 Å². The third kappa shape index (κ3) is 6.33. The lowest BCUT2D eigenvalue weighted by Crippen LogP contribution is -2.35. The normalized spacial score (nSPS) is 14.5. The van der Waals surface area contributed by atoms with Gasteiger partial charge in [0.15, 0.2) is 6.61 Å². The van der Waals surface area contributed by atoms with E-state index in [1.165, 1.54) is 28.6 Å². The Hall–Kier alpha value is -2.91. The van der Waals surface area contributed by atoms with Crippen LogP contribution in [0.2, 0.25) is 0 Å². The Morgan fingerprint density at radius 1 is 0.939 bits per heavy atom. The maximum absolute atomic E-state index is 12.7. The molecule has 0 bridgehead atoms.